The maximum absolute atomic E-state index is 13.8. The number of halogens is 3. The topological polar surface area (TPSA) is 89.9 Å². The van der Waals surface area contributed by atoms with E-state index in [9.17, 15) is 22.8 Å². The number of amides is 1. The van der Waals surface area contributed by atoms with E-state index in [0.29, 0.717) is 42.7 Å². The van der Waals surface area contributed by atoms with E-state index in [1.807, 2.05) is 37.3 Å². The lowest BCUT2D eigenvalue weighted by Gasteiger charge is -2.32. The number of aromatic nitrogens is 2. The standard InChI is InChI=1S/C29H29F3N4O3/c1-2-24(35(18-8-16-33)27(37)21-12-14-22(15-13-21)39-29(30,31)32)26-23(19-20-9-4-3-5-10-20)28(38)36-17-7-6-11-25(36)34-26/h3-7,9-15,17,24H,2,8,16,18-19,33H2,1H3. The summed E-state index contributed by atoms with van der Waals surface area (Å²) in [7, 11) is 0. The van der Waals surface area contributed by atoms with Gasteiger partial charge in [0.2, 0.25) is 0 Å². The van der Waals surface area contributed by atoms with E-state index in [1.54, 1.807) is 29.3 Å². The van der Waals surface area contributed by atoms with Crippen molar-refractivity contribution in [2.45, 2.75) is 38.6 Å². The van der Waals surface area contributed by atoms with Crippen LogP contribution in [0.5, 0.6) is 5.75 Å². The molecule has 2 heterocycles. The maximum atomic E-state index is 13.8. The Morgan fingerprint density at radius 1 is 1.05 bits per heavy atom. The van der Waals surface area contributed by atoms with E-state index in [0.717, 1.165) is 17.7 Å². The number of benzene rings is 2. The lowest BCUT2D eigenvalue weighted by atomic mass is 9.97. The molecule has 1 amide bonds. The van der Waals surface area contributed by atoms with Crippen LogP contribution in [0.4, 0.5) is 13.2 Å². The highest BCUT2D eigenvalue weighted by Crippen LogP contribution is 2.29. The summed E-state index contributed by atoms with van der Waals surface area (Å²) < 4.78 is 43.2. The minimum atomic E-state index is -4.84. The molecule has 0 aliphatic heterocycles. The van der Waals surface area contributed by atoms with Crippen LogP contribution in [0.25, 0.3) is 5.65 Å². The maximum Gasteiger partial charge on any atom is 0.573 e. The van der Waals surface area contributed by atoms with Crippen LogP contribution >= 0.6 is 0 Å². The Bertz CT molecular complexity index is 1470. The number of pyridine rings is 1. The molecule has 2 aromatic heterocycles. The predicted molar refractivity (Wildman–Crippen MR) is 142 cm³/mol. The zero-order chi connectivity index (χ0) is 28.0. The summed E-state index contributed by atoms with van der Waals surface area (Å²) in [4.78, 5) is 33.9. The predicted octanol–water partition coefficient (Wildman–Crippen LogP) is 5.13. The molecule has 4 rings (SSSR count). The van der Waals surface area contributed by atoms with Crippen LogP contribution in [-0.2, 0) is 6.42 Å². The summed E-state index contributed by atoms with van der Waals surface area (Å²) in [6.07, 6.45) is -1.93. The summed E-state index contributed by atoms with van der Waals surface area (Å²) in [6.45, 7) is 2.49. The Morgan fingerprint density at radius 2 is 1.74 bits per heavy atom. The number of alkyl halides is 3. The number of hydrogen-bond donors (Lipinski definition) is 1. The molecular formula is C29H29F3N4O3. The van der Waals surface area contributed by atoms with Crippen LogP contribution in [0.2, 0.25) is 0 Å². The Balaban J connectivity index is 1.79. The van der Waals surface area contributed by atoms with Crippen LogP contribution in [0, 0.1) is 0 Å². The van der Waals surface area contributed by atoms with Crippen LogP contribution in [0.15, 0.2) is 83.8 Å². The molecule has 0 radical (unpaired) electrons. The summed E-state index contributed by atoms with van der Waals surface area (Å²) in [6, 6.07) is 19.0. The summed E-state index contributed by atoms with van der Waals surface area (Å²) in [5.74, 6) is -0.830. The van der Waals surface area contributed by atoms with Crippen molar-refractivity contribution >= 4 is 11.6 Å². The quantitative estimate of drug-likeness (QED) is 0.303. The van der Waals surface area contributed by atoms with E-state index < -0.39 is 24.1 Å². The second kappa shape index (κ2) is 12.1. The zero-order valence-corrected chi connectivity index (χ0v) is 21.4. The third-order valence-electron chi connectivity index (χ3n) is 6.36. The van der Waals surface area contributed by atoms with Crippen molar-refractivity contribution in [3.8, 4) is 5.75 Å². The normalized spacial score (nSPS) is 12.3. The highest BCUT2D eigenvalue weighted by atomic mass is 19.4. The molecular weight excluding hydrogens is 509 g/mol. The van der Waals surface area contributed by atoms with Gasteiger partial charge in [0.15, 0.2) is 0 Å². The smallest absolute Gasteiger partial charge is 0.406 e. The van der Waals surface area contributed by atoms with Crippen molar-refractivity contribution in [3.63, 3.8) is 0 Å². The molecule has 2 N–H and O–H groups in total. The zero-order valence-electron chi connectivity index (χ0n) is 21.4. The van der Waals surface area contributed by atoms with Crippen LogP contribution in [-0.4, -0.2) is 39.6 Å². The van der Waals surface area contributed by atoms with Gasteiger partial charge < -0.3 is 15.4 Å². The first-order valence-corrected chi connectivity index (χ1v) is 12.6. The lowest BCUT2D eigenvalue weighted by molar-refractivity contribution is -0.274. The summed E-state index contributed by atoms with van der Waals surface area (Å²) in [5.41, 5.74) is 8.06. The van der Waals surface area contributed by atoms with Crippen LogP contribution in [0.1, 0.15) is 53.0 Å². The van der Waals surface area contributed by atoms with Gasteiger partial charge in [-0.25, -0.2) is 4.98 Å². The fraction of sp³-hybridized carbons (Fsp3) is 0.276. The second-order valence-electron chi connectivity index (χ2n) is 9.01. The van der Waals surface area contributed by atoms with E-state index >= 15 is 0 Å². The first-order valence-electron chi connectivity index (χ1n) is 12.6. The number of hydrogen-bond acceptors (Lipinski definition) is 5. The first-order chi connectivity index (χ1) is 18.7. The Hall–Kier alpha value is -4.18. The van der Waals surface area contributed by atoms with Crippen molar-refractivity contribution in [2.75, 3.05) is 13.1 Å². The molecule has 0 fully saturated rings. The number of nitrogens with two attached hydrogens (primary N) is 1. The van der Waals surface area contributed by atoms with Gasteiger partial charge in [-0.05, 0) is 61.3 Å². The third-order valence-corrected chi connectivity index (χ3v) is 6.36. The highest BCUT2D eigenvalue weighted by molar-refractivity contribution is 5.94. The van der Waals surface area contributed by atoms with Crippen molar-refractivity contribution in [2.24, 2.45) is 5.73 Å². The molecule has 1 unspecified atom stereocenters. The molecule has 0 bridgehead atoms. The second-order valence-corrected chi connectivity index (χ2v) is 9.01. The monoisotopic (exact) mass is 538 g/mol. The molecule has 0 aliphatic rings. The Morgan fingerprint density at radius 3 is 2.38 bits per heavy atom. The fourth-order valence-electron chi connectivity index (χ4n) is 4.57. The van der Waals surface area contributed by atoms with Gasteiger partial charge in [-0.1, -0.05) is 43.3 Å². The molecule has 0 saturated heterocycles. The van der Waals surface area contributed by atoms with E-state index in [1.165, 1.54) is 16.5 Å². The van der Waals surface area contributed by atoms with Gasteiger partial charge in [0, 0.05) is 30.3 Å². The van der Waals surface area contributed by atoms with Gasteiger partial charge in [0.05, 0.1) is 11.7 Å². The van der Waals surface area contributed by atoms with Gasteiger partial charge in [0.25, 0.3) is 11.5 Å². The lowest BCUT2D eigenvalue weighted by Crippen LogP contribution is -2.38. The molecule has 7 nitrogen and oxygen atoms in total. The molecule has 1 atom stereocenters. The molecule has 0 aliphatic carbocycles. The number of fused-ring (bicyclic) bond motifs is 1. The van der Waals surface area contributed by atoms with Crippen LogP contribution in [0.3, 0.4) is 0 Å². The number of nitrogens with zero attached hydrogens (tertiary/aromatic N) is 3. The molecule has 0 saturated carbocycles. The minimum absolute atomic E-state index is 0.183. The molecule has 39 heavy (non-hydrogen) atoms. The Kier molecular flexibility index (Phi) is 8.65. The molecule has 4 aromatic rings. The van der Waals surface area contributed by atoms with Gasteiger partial charge >= 0.3 is 6.36 Å². The van der Waals surface area contributed by atoms with Crippen LogP contribution < -0.4 is 16.0 Å². The van der Waals surface area contributed by atoms with Gasteiger partial charge in [0.1, 0.15) is 11.4 Å². The average Bonchev–Trinajstić information content (AvgIpc) is 2.92. The summed E-state index contributed by atoms with van der Waals surface area (Å²) in [5, 5.41) is 0. The SMILES string of the molecule is CCC(c1nc2ccccn2c(=O)c1Cc1ccccc1)N(CCCN)C(=O)c1ccc(OC(F)(F)F)cc1. The van der Waals surface area contributed by atoms with Crippen molar-refractivity contribution in [3.05, 3.63) is 112 Å². The molecule has 2 aromatic carbocycles. The molecule has 0 spiro atoms. The summed E-state index contributed by atoms with van der Waals surface area (Å²) >= 11 is 0. The number of carbonyl (C=O) groups excluding carboxylic acids is 1. The minimum Gasteiger partial charge on any atom is -0.406 e. The number of rotatable bonds is 10. The first kappa shape index (κ1) is 27.8. The molecule has 204 valence electrons. The molecule has 10 heteroatoms. The van der Waals surface area contributed by atoms with E-state index in [-0.39, 0.29) is 17.7 Å². The largest absolute Gasteiger partial charge is 0.573 e. The van der Waals surface area contributed by atoms with Gasteiger partial charge in [-0.3, -0.25) is 14.0 Å². The van der Waals surface area contributed by atoms with E-state index in [2.05, 4.69) is 4.74 Å². The fourth-order valence-corrected chi connectivity index (χ4v) is 4.57. The number of ether oxygens (including phenoxy) is 1. The van der Waals surface area contributed by atoms with Gasteiger partial charge in [-0.2, -0.15) is 0 Å². The van der Waals surface area contributed by atoms with Crippen molar-refractivity contribution in [1.82, 2.24) is 14.3 Å². The third kappa shape index (κ3) is 6.64. The van der Waals surface area contributed by atoms with E-state index in [4.69, 9.17) is 10.7 Å². The number of carbonyl (C=O) groups is 1. The van der Waals surface area contributed by atoms with Crippen molar-refractivity contribution in [1.29, 1.82) is 0 Å². The van der Waals surface area contributed by atoms with Crippen molar-refractivity contribution < 1.29 is 22.7 Å². The highest BCUT2D eigenvalue weighted by Gasteiger charge is 2.32. The Labute approximate surface area is 223 Å². The average molecular weight is 539 g/mol. The van der Waals surface area contributed by atoms with Gasteiger partial charge in [-0.15, -0.1) is 13.2 Å².